The molecule has 1 aromatic carbocycles. The second-order valence-electron chi connectivity index (χ2n) is 5.44. The summed E-state index contributed by atoms with van der Waals surface area (Å²) >= 11 is 1.86. The first kappa shape index (κ1) is 20.5. The Morgan fingerprint density at radius 1 is 1.25 bits per heavy atom. The molecule has 136 valence electrons. The molecule has 0 fully saturated rings. The number of methoxy groups -OCH3 is 2. The van der Waals surface area contributed by atoms with Crippen LogP contribution in [0.3, 0.4) is 0 Å². The summed E-state index contributed by atoms with van der Waals surface area (Å²) in [6.45, 7) is 4.73. The summed E-state index contributed by atoms with van der Waals surface area (Å²) in [5.74, 6) is 3.66. The second kappa shape index (κ2) is 11.9. The van der Waals surface area contributed by atoms with Gasteiger partial charge in [0, 0.05) is 26.7 Å². The van der Waals surface area contributed by atoms with Crippen molar-refractivity contribution in [3.05, 3.63) is 23.8 Å². The van der Waals surface area contributed by atoms with E-state index < -0.39 is 0 Å². The van der Waals surface area contributed by atoms with Crippen LogP contribution in [0, 0.1) is 0 Å². The minimum absolute atomic E-state index is 0.762. The van der Waals surface area contributed by atoms with Crippen LogP contribution in [0.2, 0.25) is 0 Å². The highest BCUT2D eigenvalue weighted by molar-refractivity contribution is 7.98. The van der Waals surface area contributed by atoms with Crippen LogP contribution in [-0.4, -0.2) is 63.8 Å². The zero-order valence-electron chi connectivity index (χ0n) is 15.6. The Kier molecular flexibility index (Phi) is 10.2. The van der Waals surface area contributed by atoms with E-state index in [0.29, 0.717) is 0 Å². The monoisotopic (exact) mass is 353 g/mol. The molecule has 1 rings (SSSR count). The summed E-state index contributed by atoms with van der Waals surface area (Å²) in [4.78, 5) is 6.88. The van der Waals surface area contributed by atoms with Crippen molar-refractivity contribution < 1.29 is 9.47 Å². The molecule has 0 saturated carbocycles. The summed E-state index contributed by atoms with van der Waals surface area (Å²) in [5, 5.41) is 3.36. The number of aliphatic imine (C=N–C) groups is 1. The molecule has 0 bridgehead atoms. The smallest absolute Gasteiger partial charge is 0.193 e. The van der Waals surface area contributed by atoms with Gasteiger partial charge in [-0.25, -0.2) is 0 Å². The van der Waals surface area contributed by atoms with Crippen molar-refractivity contribution in [1.82, 2.24) is 10.2 Å². The molecule has 0 atom stereocenters. The molecule has 0 radical (unpaired) electrons. The highest BCUT2D eigenvalue weighted by Crippen LogP contribution is 2.27. The lowest BCUT2D eigenvalue weighted by atomic mass is 10.1. The Bertz CT molecular complexity index is 509. The third-order valence-corrected chi connectivity index (χ3v) is 4.35. The average molecular weight is 354 g/mol. The van der Waals surface area contributed by atoms with E-state index in [1.165, 1.54) is 5.56 Å². The SMILES string of the molecule is CCNC(=NCCCSC)N(C)CCc1ccc(OC)c(OC)c1. The van der Waals surface area contributed by atoms with Crippen LogP contribution in [0.25, 0.3) is 0 Å². The van der Waals surface area contributed by atoms with Gasteiger partial charge < -0.3 is 19.7 Å². The lowest BCUT2D eigenvalue weighted by molar-refractivity contribution is 0.354. The predicted molar refractivity (Wildman–Crippen MR) is 105 cm³/mol. The second-order valence-corrected chi connectivity index (χ2v) is 6.43. The number of rotatable bonds is 10. The predicted octanol–water partition coefficient (Wildman–Crippen LogP) is 2.90. The summed E-state index contributed by atoms with van der Waals surface area (Å²) in [6.07, 6.45) is 4.16. The number of ether oxygens (including phenoxy) is 2. The number of benzene rings is 1. The molecule has 0 unspecified atom stereocenters. The topological polar surface area (TPSA) is 46.1 Å². The summed E-state index contributed by atoms with van der Waals surface area (Å²) < 4.78 is 10.7. The molecule has 1 N–H and O–H groups in total. The molecular weight excluding hydrogens is 322 g/mol. The fraction of sp³-hybridized carbons (Fsp3) is 0.611. The van der Waals surface area contributed by atoms with E-state index in [1.807, 2.05) is 23.9 Å². The van der Waals surface area contributed by atoms with E-state index in [1.54, 1.807) is 14.2 Å². The number of hydrogen-bond donors (Lipinski definition) is 1. The fourth-order valence-corrected chi connectivity index (χ4v) is 2.72. The number of thioether (sulfide) groups is 1. The van der Waals surface area contributed by atoms with Gasteiger partial charge in [0.25, 0.3) is 0 Å². The highest BCUT2D eigenvalue weighted by Gasteiger charge is 2.08. The average Bonchev–Trinajstić information content (AvgIpc) is 2.61. The van der Waals surface area contributed by atoms with Crippen molar-refractivity contribution in [3.63, 3.8) is 0 Å². The highest BCUT2D eigenvalue weighted by atomic mass is 32.2. The van der Waals surface area contributed by atoms with E-state index in [9.17, 15) is 0 Å². The van der Waals surface area contributed by atoms with Gasteiger partial charge in [-0.2, -0.15) is 11.8 Å². The number of nitrogens with zero attached hydrogens (tertiary/aromatic N) is 2. The van der Waals surface area contributed by atoms with E-state index in [4.69, 9.17) is 14.5 Å². The first-order chi connectivity index (χ1) is 11.7. The molecule has 0 amide bonds. The maximum Gasteiger partial charge on any atom is 0.193 e. The van der Waals surface area contributed by atoms with Crippen molar-refractivity contribution in [3.8, 4) is 11.5 Å². The molecule has 24 heavy (non-hydrogen) atoms. The van der Waals surface area contributed by atoms with E-state index >= 15 is 0 Å². The molecule has 0 heterocycles. The van der Waals surface area contributed by atoms with E-state index in [2.05, 4.69) is 36.5 Å². The Hall–Kier alpha value is -1.56. The number of hydrogen-bond acceptors (Lipinski definition) is 4. The molecule has 0 aliphatic heterocycles. The van der Waals surface area contributed by atoms with Crippen LogP contribution < -0.4 is 14.8 Å². The number of likely N-dealkylation sites (N-methyl/N-ethyl adjacent to an activating group) is 1. The van der Waals surface area contributed by atoms with Gasteiger partial charge in [-0.3, -0.25) is 4.99 Å². The maximum atomic E-state index is 5.37. The van der Waals surface area contributed by atoms with Crippen molar-refractivity contribution in [2.45, 2.75) is 19.8 Å². The quantitative estimate of drug-likeness (QED) is 0.398. The molecule has 0 aromatic heterocycles. The van der Waals surface area contributed by atoms with Crippen molar-refractivity contribution >= 4 is 17.7 Å². The molecule has 0 aliphatic rings. The first-order valence-electron chi connectivity index (χ1n) is 8.35. The van der Waals surface area contributed by atoms with Gasteiger partial charge in [0.15, 0.2) is 17.5 Å². The zero-order chi connectivity index (χ0) is 17.8. The Morgan fingerprint density at radius 2 is 2.00 bits per heavy atom. The lowest BCUT2D eigenvalue weighted by Crippen LogP contribution is -2.40. The molecule has 6 heteroatoms. The third kappa shape index (κ3) is 6.91. The van der Waals surface area contributed by atoms with Gasteiger partial charge in [0.2, 0.25) is 0 Å². The van der Waals surface area contributed by atoms with Gasteiger partial charge in [-0.1, -0.05) is 6.07 Å². The van der Waals surface area contributed by atoms with Gasteiger partial charge in [0.05, 0.1) is 14.2 Å². The van der Waals surface area contributed by atoms with Crippen LogP contribution in [-0.2, 0) is 6.42 Å². The number of nitrogens with one attached hydrogen (secondary N) is 1. The van der Waals surface area contributed by atoms with Crippen LogP contribution in [0.15, 0.2) is 23.2 Å². The molecule has 1 aromatic rings. The number of guanidine groups is 1. The van der Waals surface area contributed by atoms with E-state index in [-0.39, 0.29) is 0 Å². The van der Waals surface area contributed by atoms with Crippen molar-refractivity contribution in [2.75, 3.05) is 52.9 Å². The minimum atomic E-state index is 0.762. The fourth-order valence-electron chi connectivity index (χ4n) is 2.30. The van der Waals surface area contributed by atoms with Crippen LogP contribution >= 0.6 is 11.8 Å². The molecule has 0 saturated heterocycles. The summed E-state index contributed by atoms with van der Waals surface area (Å²) in [6, 6.07) is 6.07. The maximum absolute atomic E-state index is 5.37. The van der Waals surface area contributed by atoms with Crippen molar-refractivity contribution in [2.24, 2.45) is 4.99 Å². The van der Waals surface area contributed by atoms with Crippen LogP contribution in [0.1, 0.15) is 18.9 Å². The van der Waals surface area contributed by atoms with Crippen LogP contribution in [0.5, 0.6) is 11.5 Å². The molecular formula is C18H31N3O2S. The summed E-state index contributed by atoms with van der Waals surface area (Å²) in [7, 11) is 5.40. The first-order valence-corrected chi connectivity index (χ1v) is 9.74. The van der Waals surface area contributed by atoms with Gasteiger partial charge in [-0.15, -0.1) is 0 Å². The van der Waals surface area contributed by atoms with Crippen molar-refractivity contribution in [1.29, 1.82) is 0 Å². The largest absolute Gasteiger partial charge is 0.493 e. The normalized spacial score (nSPS) is 11.3. The lowest BCUT2D eigenvalue weighted by Gasteiger charge is -2.22. The molecule has 0 spiro atoms. The van der Waals surface area contributed by atoms with E-state index in [0.717, 1.165) is 55.7 Å². The molecule has 0 aliphatic carbocycles. The standard InChI is InChI=1S/C18H31N3O2S/c1-6-19-18(20-11-7-13-24-5)21(2)12-10-15-8-9-16(22-3)17(14-15)23-4/h8-9,14H,6-7,10-13H2,1-5H3,(H,19,20). The Labute approximate surface area is 150 Å². The minimum Gasteiger partial charge on any atom is -0.493 e. The Balaban J connectivity index is 2.62. The Morgan fingerprint density at radius 3 is 2.62 bits per heavy atom. The van der Waals surface area contributed by atoms with Gasteiger partial charge >= 0.3 is 0 Å². The van der Waals surface area contributed by atoms with Gasteiger partial charge in [-0.05, 0) is 49.5 Å². The third-order valence-electron chi connectivity index (χ3n) is 3.65. The molecule has 5 nitrogen and oxygen atoms in total. The van der Waals surface area contributed by atoms with Crippen LogP contribution in [0.4, 0.5) is 0 Å². The summed E-state index contributed by atoms with van der Waals surface area (Å²) in [5.41, 5.74) is 1.22. The zero-order valence-corrected chi connectivity index (χ0v) is 16.4. The van der Waals surface area contributed by atoms with Gasteiger partial charge in [0.1, 0.15) is 0 Å².